The van der Waals surface area contributed by atoms with E-state index in [2.05, 4.69) is 11.4 Å². The third-order valence-corrected chi connectivity index (χ3v) is 5.42. The lowest BCUT2D eigenvalue weighted by molar-refractivity contribution is 0.0527. The molecule has 2 aliphatic rings. The van der Waals surface area contributed by atoms with Gasteiger partial charge in [-0.3, -0.25) is 4.79 Å². The first-order valence-corrected chi connectivity index (χ1v) is 10.5. The van der Waals surface area contributed by atoms with Crippen LogP contribution in [0.1, 0.15) is 35.3 Å². The van der Waals surface area contributed by atoms with E-state index in [9.17, 15) is 9.59 Å². The van der Waals surface area contributed by atoms with E-state index in [1.54, 1.807) is 19.9 Å². The van der Waals surface area contributed by atoms with Gasteiger partial charge in [-0.05, 0) is 62.6 Å². The van der Waals surface area contributed by atoms with Gasteiger partial charge in [0.05, 0.1) is 12.2 Å². The van der Waals surface area contributed by atoms with Crippen LogP contribution in [0.25, 0.3) is 33.4 Å². The van der Waals surface area contributed by atoms with E-state index in [1.807, 2.05) is 44.2 Å². The van der Waals surface area contributed by atoms with E-state index in [0.717, 1.165) is 39.9 Å². The van der Waals surface area contributed by atoms with E-state index in [0.29, 0.717) is 29.1 Å². The molecule has 0 saturated heterocycles. The molecule has 1 aliphatic heterocycles. The topological polar surface area (TPSA) is 68.5 Å². The van der Waals surface area contributed by atoms with Crippen molar-refractivity contribution in [3.05, 3.63) is 75.4 Å². The molecular weight excluding hydrogens is 390 g/mol. The molecule has 2 aromatic rings. The molecule has 158 valence electrons. The van der Waals surface area contributed by atoms with E-state index < -0.39 is 0 Å². The number of rotatable bonds is 5. The first-order valence-electron chi connectivity index (χ1n) is 10.5. The molecule has 0 unspecified atom stereocenters. The van der Waals surface area contributed by atoms with E-state index in [-0.39, 0.29) is 11.4 Å². The number of ether oxygens (including phenoxy) is 1. The van der Waals surface area contributed by atoms with Crippen molar-refractivity contribution in [1.82, 2.24) is 0 Å². The second-order valence-corrected chi connectivity index (χ2v) is 7.55. The number of benzene rings is 3. The van der Waals surface area contributed by atoms with Gasteiger partial charge in [0.15, 0.2) is 5.43 Å². The van der Waals surface area contributed by atoms with Gasteiger partial charge < -0.3 is 14.5 Å². The Morgan fingerprint density at radius 2 is 1.77 bits per heavy atom. The normalized spacial score (nSPS) is 11.1. The van der Waals surface area contributed by atoms with Crippen LogP contribution in [-0.4, -0.2) is 19.1 Å². The van der Waals surface area contributed by atoms with Gasteiger partial charge >= 0.3 is 5.97 Å². The van der Waals surface area contributed by atoms with Gasteiger partial charge in [-0.1, -0.05) is 18.2 Å². The average molecular weight is 415 g/mol. The van der Waals surface area contributed by atoms with E-state index in [4.69, 9.17) is 9.15 Å². The monoisotopic (exact) mass is 415 g/mol. The molecule has 5 nitrogen and oxygen atoms in total. The lowest BCUT2D eigenvalue weighted by Crippen LogP contribution is -2.09. The van der Waals surface area contributed by atoms with Gasteiger partial charge in [0.2, 0.25) is 0 Å². The molecule has 0 spiro atoms. The summed E-state index contributed by atoms with van der Waals surface area (Å²) in [7, 11) is 0. The summed E-state index contributed by atoms with van der Waals surface area (Å²) in [6, 6.07) is 14.8. The molecular formula is C26H25NO4. The van der Waals surface area contributed by atoms with E-state index in [1.165, 1.54) is 6.07 Å². The highest BCUT2D eigenvalue weighted by atomic mass is 16.5. The first-order chi connectivity index (χ1) is 14.9. The Balaban J connectivity index is 2.15. The van der Waals surface area contributed by atoms with Gasteiger partial charge in [0, 0.05) is 40.9 Å². The van der Waals surface area contributed by atoms with Crippen LogP contribution >= 0.6 is 0 Å². The minimum atomic E-state index is -0.377. The number of hydrogen-bond acceptors (Lipinski definition) is 5. The lowest BCUT2D eigenvalue weighted by Gasteiger charge is -2.19. The summed E-state index contributed by atoms with van der Waals surface area (Å²) < 4.78 is 11.5. The molecule has 1 heterocycles. The maximum atomic E-state index is 12.7. The van der Waals surface area contributed by atoms with Crippen LogP contribution in [0.2, 0.25) is 0 Å². The molecule has 2 aromatic carbocycles. The number of anilines is 1. The smallest absolute Gasteiger partial charge is 0.338 e. The van der Waals surface area contributed by atoms with Gasteiger partial charge in [-0.15, -0.1) is 0 Å². The fraction of sp³-hybridized carbons (Fsp3) is 0.231. The predicted molar refractivity (Wildman–Crippen MR) is 124 cm³/mol. The summed E-state index contributed by atoms with van der Waals surface area (Å²) in [5.74, 6) is 0.112. The summed E-state index contributed by atoms with van der Waals surface area (Å²) in [6.07, 6.45) is 0. The number of aryl methyl sites for hydroxylation is 2. The van der Waals surface area contributed by atoms with Crippen molar-refractivity contribution in [1.29, 1.82) is 0 Å². The Morgan fingerprint density at radius 3 is 2.52 bits per heavy atom. The molecule has 0 aromatic heterocycles. The molecule has 1 N–H and O–H groups in total. The number of carbonyl (C=O) groups is 1. The van der Waals surface area contributed by atoms with Gasteiger partial charge in [-0.25, -0.2) is 4.79 Å². The highest BCUT2D eigenvalue weighted by molar-refractivity contribution is 6.08. The average Bonchev–Trinajstić information content (AvgIpc) is 2.75. The second kappa shape index (κ2) is 8.26. The van der Waals surface area contributed by atoms with Crippen molar-refractivity contribution in [2.45, 2.75) is 27.7 Å². The van der Waals surface area contributed by atoms with Crippen LogP contribution in [0.15, 0.2) is 57.7 Å². The maximum absolute atomic E-state index is 12.7. The molecule has 0 radical (unpaired) electrons. The zero-order chi connectivity index (χ0) is 22.1. The third-order valence-electron chi connectivity index (χ3n) is 5.42. The Morgan fingerprint density at radius 1 is 1.00 bits per heavy atom. The highest BCUT2D eigenvalue weighted by Crippen LogP contribution is 2.42. The maximum Gasteiger partial charge on any atom is 0.338 e. The zero-order valence-electron chi connectivity index (χ0n) is 18.2. The van der Waals surface area contributed by atoms with Crippen molar-refractivity contribution in [3.63, 3.8) is 0 Å². The molecule has 1 aliphatic carbocycles. The van der Waals surface area contributed by atoms with Crippen LogP contribution in [0.4, 0.5) is 5.69 Å². The summed E-state index contributed by atoms with van der Waals surface area (Å²) in [5.41, 5.74) is 6.10. The zero-order valence-corrected chi connectivity index (χ0v) is 18.2. The Kier molecular flexibility index (Phi) is 5.51. The highest BCUT2D eigenvalue weighted by Gasteiger charge is 2.23. The summed E-state index contributed by atoms with van der Waals surface area (Å²) in [6.45, 7) is 8.72. The summed E-state index contributed by atoms with van der Waals surface area (Å²) in [5, 5.41) is 4.22. The van der Waals surface area contributed by atoms with Crippen LogP contribution < -0.4 is 10.7 Å². The largest absolute Gasteiger partial charge is 0.462 e. The van der Waals surface area contributed by atoms with Crippen LogP contribution in [0.3, 0.4) is 0 Å². The number of fused-ring (bicyclic) bond motifs is 2. The van der Waals surface area contributed by atoms with Gasteiger partial charge in [0.1, 0.15) is 11.3 Å². The van der Waals surface area contributed by atoms with Crippen LogP contribution in [-0.2, 0) is 4.74 Å². The number of carbonyl (C=O) groups excluding carboxylic acids is 1. The number of nitrogens with one attached hydrogen (secondary N) is 1. The first kappa shape index (κ1) is 20.7. The molecule has 0 saturated carbocycles. The second-order valence-electron chi connectivity index (χ2n) is 7.55. The van der Waals surface area contributed by atoms with Crippen molar-refractivity contribution in [2.75, 3.05) is 18.5 Å². The van der Waals surface area contributed by atoms with Gasteiger partial charge in [0.25, 0.3) is 0 Å². The molecule has 0 amide bonds. The Hall–Kier alpha value is -3.60. The molecule has 0 atom stereocenters. The number of esters is 1. The van der Waals surface area contributed by atoms with Gasteiger partial charge in [-0.2, -0.15) is 0 Å². The lowest BCUT2D eigenvalue weighted by atomic mass is 9.89. The summed E-state index contributed by atoms with van der Waals surface area (Å²) in [4.78, 5) is 25.1. The van der Waals surface area contributed by atoms with Crippen molar-refractivity contribution in [2.24, 2.45) is 0 Å². The van der Waals surface area contributed by atoms with Crippen LogP contribution in [0.5, 0.6) is 0 Å². The molecule has 5 heteroatoms. The molecule has 4 rings (SSSR count). The summed E-state index contributed by atoms with van der Waals surface area (Å²) >= 11 is 0. The van der Waals surface area contributed by atoms with E-state index >= 15 is 0 Å². The minimum absolute atomic E-state index is 0.0840. The molecule has 31 heavy (non-hydrogen) atoms. The molecule has 0 fully saturated rings. The number of hydrogen-bond donors (Lipinski definition) is 1. The van der Waals surface area contributed by atoms with Crippen molar-refractivity contribution >= 4 is 22.6 Å². The van der Waals surface area contributed by atoms with Crippen molar-refractivity contribution < 1.29 is 13.9 Å². The predicted octanol–water partition coefficient (Wildman–Crippen LogP) is 5.79. The SMILES string of the molecule is CCNc1cc2oc3cc(=O)c(C)cc-3c(-c3ccccc3C(=O)OCC)c2cc1C. The Labute approximate surface area is 181 Å². The minimum Gasteiger partial charge on any atom is -0.462 e. The third kappa shape index (κ3) is 3.67. The van der Waals surface area contributed by atoms with Crippen LogP contribution in [0, 0.1) is 13.8 Å². The fourth-order valence-corrected chi connectivity index (χ4v) is 3.94. The molecule has 0 bridgehead atoms. The standard InChI is InChI=1S/C26H25NO4/c1-5-27-21-13-23-19(11-15(21)3)25(20-12-16(4)22(28)14-24(20)31-23)17-9-7-8-10-18(17)26(29)30-6-2/h7-14,27H,5-6H2,1-4H3. The quantitative estimate of drug-likeness (QED) is 0.330. The fourth-order valence-electron chi connectivity index (χ4n) is 3.94. The van der Waals surface area contributed by atoms with Crippen molar-refractivity contribution in [3.8, 4) is 22.5 Å². The Bertz CT molecular complexity index is 1320.